The highest BCUT2D eigenvalue weighted by molar-refractivity contribution is 6.30. The predicted octanol–water partition coefficient (Wildman–Crippen LogP) is 2.53. The fraction of sp³-hybridized carbons (Fsp3) is 0.533. The molecule has 2 aromatic rings. The topological polar surface area (TPSA) is 58.3 Å². The van der Waals surface area contributed by atoms with Gasteiger partial charge in [0.15, 0.2) is 6.39 Å². The van der Waals surface area contributed by atoms with Crippen LogP contribution in [0.15, 0.2) is 23.2 Å². The number of halogens is 1. The molecular weight excluding hydrogens is 302 g/mol. The zero-order valence-corrected chi connectivity index (χ0v) is 13.6. The standard InChI is InChI=1S/C15H20ClN5O/c1-11-14(19-10-22-11)9-21-5-3-13(4-6-21)20(2)15-17-7-12(16)8-18-15/h7-8,10,13H,3-6,9H2,1-2H3. The van der Waals surface area contributed by atoms with E-state index in [2.05, 4.69) is 24.8 Å². The average molecular weight is 322 g/mol. The molecule has 1 aliphatic rings. The summed E-state index contributed by atoms with van der Waals surface area (Å²) in [7, 11) is 2.05. The van der Waals surface area contributed by atoms with Crippen molar-refractivity contribution in [1.29, 1.82) is 0 Å². The molecule has 2 aromatic heterocycles. The van der Waals surface area contributed by atoms with Crippen molar-refractivity contribution in [3.63, 3.8) is 0 Å². The van der Waals surface area contributed by atoms with Gasteiger partial charge >= 0.3 is 0 Å². The summed E-state index contributed by atoms with van der Waals surface area (Å²) >= 11 is 5.84. The summed E-state index contributed by atoms with van der Waals surface area (Å²) in [6.45, 7) is 4.89. The van der Waals surface area contributed by atoms with E-state index in [-0.39, 0.29) is 0 Å². The second-order valence-corrected chi connectivity index (χ2v) is 6.11. The number of rotatable bonds is 4. The maximum Gasteiger partial charge on any atom is 0.225 e. The van der Waals surface area contributed by atoms with Gasteiger partial charge in [0, 0.05) is 32.7 Å². The highest BCUT2D eigenvalue weighted by Gasteiger charge is 2.24. The Morgan fingerprint density at radius 2 is 1.95 bits per heavy atom. The summed E-state index contributed by atoms with van der Waals surface area (Å²) in [6.07, 6.45) is 6.97. The van der Waals surface area contributed by atoms with Gasteiger partial charge in [-0.2, -0.15) is 0 Å². The van der Waals surface area contributed by atoms with Gasteiger partial charge in [0.1, 0.15) is 5.76 Å². The molecule has 3 rings (SSSR count). The van der Waals surface area contributed by atoms with E-state index in [0.717, 1.165) is 49.9 Å². The highest BCUT2D eigenvalue weighted by atomic mass is 35.5. The predicted molar refractivity (Wildman–Crippen MR) is 85.0 cm³/mol. The number of hydrogen-bond acceptors (Lipinski definition) is 6. The van der Waals surface area contributed by atoms with Gasteiger partial charge in [-0.25, -0.2) is 15.0 Å². The first-order chi connectivity index (χ1) is 10.6. The minimum atomic E-state index is 0.454. The molecule has 0 spiro atoms. The Hall–Kier alpha value is -1.66. The van der Waals surface area contributed by atoms with Gasteiger partial charge in [-0.05, 0) is 19.8 Å². The third-order valence-electron chi connectivity index (χ3n) is 4.24. The van der Waals surface area contributed by atoms with Crippen LogP contribution in [0, 0.1) is 6.92 Å². The van der Waals surface area contributed by atoms with Gasteiger partial charge < -0.3 is 9.32 Å². The molecule has 1 fully saturated rings. The van der Waals surface area contributed by atoms with Gasteiger partial charge in [0.25, 0.3) is 0 Å². The summed E-state index contributed by atoms with van der Waals surface area (Å²) in [4.78, 5) is 17.4. The zero-order chi connectivity index (χ0) is 15.5. The van der Waals surface area contributed by atoms with Gasteiger partial charge in [0.2, 0.25) is 5.95 Å². The van der Waals surface area contributed by atoms with Crippen LogP contribution in [0.2, 0.25) is 5.02 Å². The van der Waals surface area contributed by atoms with Crippen LogP contribution in [-0.4, -0.2) is 46.0 Å². The van der Waals surface area contributed by atoms with Crippen molar-refractivity contribution in [2.45, 2.75) is 32.4 Å². The molecule has 0 aliphatic carbocycles. The van der Waals surface area contributed by atoms with Crippen LogP contribution in [0.3, 0.4) is 0 Å². The van der Waals surface area contributed by atoms with Gasteiger partial charge in [-0.3, -0.25) is 4.90 Å². The molecule has 3 heterocycles. The first-order valence-corrected chi connectivity index (χ1v) is 7.83. The molecular formula is C15H20ClN5O. The Balaban J connectivity index is 1.55. The number of aromatic nitrogens is 3. The molecule has 0 bridgehead atoms. The van der Waals surface area contributed by atoms with E-state index < -0.39 is 0 Å². The molecule has 7 heteroatoms. The summed E-state index contributed by atoms with van der Waals surface area (Å²) in [5, 5.41) is 0.565. The zero-order valence-electron chi connectivity index (χ0n) is 12.9. The molecule has 1 saturated heterocycles. The Labute approximate surface area is 135 Å². The maximum absolute atomic E-state index is 5.84. The lowest BCUT2D eigenvalue weighted by Crippen LogP contribution is -2.43. The molecule has 1 aliphatic heterocycles. The van der Waals surface area contributed by atoms with Crippen molar-refractivity contribution < 1.29 is 4.42 Å². The molecule has 6 nitrogen and oxygen atoms in total. The van der Waals surface area contributed by atoms with Crippen molar-refractivity contribution in [2.24, 2.45) is 0 Å². The van der Waals surface area contributed by atoms with Crippen molar-refractivity contribution in [2.75, 3.05) is 25.0 Å². The Morgan fingerprint density at radius 3 is 2.55 bits per heavy atom. The summed E-state index contributed by atoms with van der Waals surface area (Å²) in [5.41, 5.74) is 1.04. The lowest BCUT2D eigenvalue weighted by atomic mass is 10.0. The number of anilines is 1. The Bertz CT molecular complexity index is 607. The normalized spacial score (nSPS) is 16.9. The second kappa shape index (κ2) is 6.62. The minimum absolute atomic E-state index is 0.454. The van der Waals surface area contributed by atoms with E-state index in [9.17, 15) is 0 Å². The molecule has 118 valence electrons. The first-order valence-electron chi connectivity index (χ1n) is 7.45. The monoisotopic (exact) mass is 321 g/mol. The van der Waals surface area contributed by atoms with Crippen molar-refractivity contribution in [3.8, 4) is 0 Å². The Morgan fingerprint density at radius 1 is 1.27 bits per heavy atom. The van der Waals surface area contributed by atoms with Crippen molar-refractivity contribution in [3.05, 3.63) is 35.3 Å². The smallest absolute Gasteiger partial charge is 0.225 e. The van der Waals surface area contributed by atoms with Crippen LogP contribution in [0.25, 0.3) is 0 Å². The third kappa shape index (κ3) is 3.39. The first kappa shape index (κ1) is 15.2. The number of nitrogens with zero attached hydrogens (tertiary/aromatic N) is 5. The van der Waals surface area contributed by atoms with Gasteiger partial charge in [-0.15, -0.1) is 0 Å². The summed E-state index contributed by atoms with van der Waals surface area (Å²) in [6, 6.07) is 0.454. The van der Waals surface area contributed by atoms with E-state index >= 15 is 0 Å². The lowest BCUT2D eigenvalue weighted by Gasteiger charge is -2.36. The molecule has 0 saturated carbocycles. The number of aryl methyl sites for hydroxylation is 1. The second-order valence-electron chi connectivity index (χ2n) is 5.67. The quantitative estimate of drug-likeness (QED) is 0.862. The number of oxazole rings is 1. The molecule has 0 aromatic carbocycles. The highest BCUT2D eigenvalue weighted by Crippen LogP contribution is 2.21. The average Bonchev–Trinajstić information content (AvgIpc) is 2.93. The van der Waals surface area contributed by atoms with Gasteiger partial charge in [0.05, 0.1) is 23.1 Å². The molecule has 0 radical (unpaired) electrons. The summed E-state index contributed by atoms with van der Waals surface area (Å²) in [5.74, 6) is 1.64. The van der Waals surface area contributed by atoms with Crippen LogP contribution in [0.4, 0.5) is 5.95 Å². The maximum atomic E-state index is 5.84. The largest absolute Gasteiger partial charge is 0.448 e. The van der Waals surface area contributed by atoms with E-state index in [1.807, 2.05) is 14.0 Å². The molecule has 0 unspecified atom stereocenters. The number of piperidine rings is 1. The minimum Gasteiger partial charge on any atom is -0.448 e. The molecule has 0 atom stereocenters. The lowest BCUT2D eigenvalue weighted by molar-refractivity contribution is 0.200. The van der Waals surface area contributed by atoms with Gasteiger partial charge in [-0.1, -0.05) is 11.6 Å². The van der Waals surface area contributed by atoms with Crippen LogP contribution in [0.5, 0.6) is 0 Å². The Kier molecular flexibility index (Phi) is 4.59. The van der Waals surface area contributed by atoms with Crippen LogP contribution >= 0.6 is 11.6 Å². The SMILES string of the molecule is Cc1ocnc1CN1CCC(N(C)c2ncc(Cl)cn2)CC1. The number of hydrogen-bond donors (Lipinski definition) is 0. The van der Waals surface area contributed by atoms with E-state index in [4.69, 9.17) is 16.0 Å². The fourth-order valence-corrected chi connectivity index (χ4v) is 2.91. The van der Waals surface area contributed by atoms with Crippen LogP contribution < -0.4 is 4.90 Å². The van der Waals surface area contributed by atoms with Crippen molar-refractivity contribution >= 4 is 17.5 Å². The van der Waals surface area contributed by atoms with Crippen molar-refractivity contribution in [1.82, 2.24) is 19.9 Å². The molecule has 0 amide bonds. The van der Waals surface area contributed by atoms with E-state index in [1.54, 1.807) is 12.4 Å². The van der Waals surface area contributed by atoms with E-state index in [1.165, 1.54) is 6.39 Å². The van der Waals surface area contributed by atoms with Crippen LogP contribution in [0.1, 0.15) is 24.3 Å². The molecule has 22 heavy (non-hydrogen) atoms. The van der Waals surface area contributed by atoms with Crippen LogP contribution in [-0.2, 0) is 6.54 Å². The third-order valence-corrected chi connectivity index (χ3v) is 4.44. The number of likely N-dealkylation sites (tertiary alicyclic amines) is 1. The fourth-order valence-electron chi connectivity index (χ4n) is 2.81. The van der Waals surface area contributed by atoms with E-state index in [0.29, 0.717) is 11.1 Å². The summed E-state index contributed by atoms with van der Waals surface area (Å²) < 4.78 is 5.26. The molecule has 0 N–H and O–H groups in total.